The Balaban J connectivity index is 2.19. The van der Waals surface area contributed by atoms with E-state index in [4.69, 9.17) is 0 Å². The lowest BCUT2D eigenvalue weighted by Gasteiger charge is -2.08. The number of nitrogens with zero attached hydrogens (tertiary/aromatic N) is 3. The van der Waals surface area contributed by atoms with E-state index in [0.29, 0.717) is 17.9 Å². The summed E-state index contributed by atoms with van der Waals surface area (Å²) in [6.07, 6.45) is -1.33. The molecule has 0 bridgehead atoms. The Labute approximate surface area is 118 Å². The van der Waals surface area contributed by atoms with Crippen molar-refractivity contribution in [3.05, 3.63) is 41.6 Å². The van der Waals surface area contributed by atoms with Crippen LogP contribution in [0.4, 0.5) is 13.2 Å². The Morgan fingerprint density at radius 2 is 2.05 bits per heavy atom. The van der Waals surface area contributed by atoms with Crippen LogP contribution in [0, 0.1) is 6.92 Å². The molecule has 0 fully saturated rings. The van der Waals surface area contributed by atoms with Crippen LogP contribution in [0.25, 0.3) is 16.6 Å². The molecule has 0 amide bonds. The minimum Gasteiger partial charge on any atom is -0.303 e. The molecule has 2 heterocycles. The van der Waals surface area contributed by atoms with E-state index in [0.717, 1.165) is 22.7 Å². The van der Waals surface area contributed by atoms with Crippen LogP contribution in [0.3, 0.4) is 0 Å². The first kappa shape index (κ1) is 13.7. The van der Waals surface area contributed by atoms with Crippen LogP contribution >= 0.6 is 0 Å². The van der Waals surface area contributed by atoms with Crippen molar-refractivity contribution in [1.82, 2.24) is 19.7 Å². The minimum absolute atomic E-state index is 0.379. The second-order valence-electron chi connectivity index (χ2n) is 4.86. The zero-order valence-corrected chi connectivity index (χ0v) is 11.5. The average Bonchev–Trinajstić information content (AvgIpc) is 3.03. The molecule has 110 valence electrons. The highest BCUT2D eigenvalue weighted by Crippen LogP contribution is 2.30. The molecule has 21 heavy (non-hydrogen) atoms. The van der Waals surface area contributed by atoms with Crippen molar-refractivity contribution in [2.75, 3.05) is 0 Å². The van der Waals surface area contributed by atoms with E-state index in [9.17, 15) is 13.2 Å². The highest BCUT2D eigenvalue weighted by Gasteiger charge is 2.34. The van der Waals surface area contributed by atoms with E-state index in [2.05, 4.69) is 15.2 Å². The summed E-state index contributed by atoms with van der Waals surface area (Å²) in [6.45, 7) is 3.67. The molecule has 0 aliphatic heterocycles. The summed E-state index contributed by atoms with van der Waals surface area (Å²) in [6, 6.07) is 3.62. The second kappa shape index (κ2) is 4.61. The molecule has 3 aromatic rings. The smallest absolute Gasteiger partial charge is 0.303 e. The van der Waals surface area contributed by atoms with Gasteiger partial charge in [-0.1, -0.05) is 6.92 Å². The number of benzene rings is 1. The molecule has 0 saturated heterocycles. The van der Waals surface area contributed by atoms with E-state index < -0.39 is 11.9 Å². The summed E-state index contributed by atoms with van der Waals surface area (Å²) >= 11 is 0. The van der Waals surface area contributed by atoms with Gasteiger partial charge in [0.25, 0.3) is 0 Å². The summed E-state index contributed by atoms with van der Waals surface area (Å²) in [5.41, 5.74) is 1.59. The first-order chi connectivity index (χ1) is 9.90. The van der Waals surface area contributed by atoms with Crippen molar-refractivity contribution in [2.24, 2.45) is 0 Å². The molecule has 1 aromatic carbocycles. The zero-order valence-electron chi connectivity index (χ0n) is 11.5. The fourth-order valence-electron chi connectivity index (χ4n) is 2.38. The maximum Gasteiger partial charge on any atom is 0.434 e. The van der Waals surface area contributed by atoms with Crippen LogP contribution < -0.4 is 0 Å². The van der Waals surface area contributed by atoms with Gasteiger partial charge in [-0.15, -0.1) is 0 Å². The van der Waals surface area contributed by atoms with Crippen molar-refractivity contribution in [2.45, 2.75) is 26.4 Å². The van der Waals surface area contributed by atoms with Gasteiger partial charge in [0.2, 0.25) is 0 Å². The van der Waals surface area contributed by atoms with Crippen molar-refractivity contribution in [1.29, 1.82) is 0 Å². The van der Waals surface area contributed by atoms with Gasteiger partial charge < -0.3 is 4.57 Å². The standard InChI is InChI=1S/C14H13F3N4/c1-3-12-19-11(14(15,16)17)7-21(12)10-4-8(2)13-9(5-10)6-18-20-13/h4-7H,3H2,1-2H3,(H,18,20). The van der Waals surface area contributed by atoms with Gasteiger partial charge in [-0.25, -0.2) is 4.98 Å². The maximum atomic E-state index is 12.8. The number of rotatable bonds is 2. The highest BCUT2D eigenvalue weighted by molar-refractivity contribution is 5.83. The number of alkyl halides is 3. The number of nitrogens with one attached hydrogen (secondary N) is 1. The minimum atomic E-state index is -4.44. The van der Waals surface area contributed by atoms with Crippen molar-refractivity contribution >= 4 is 10.9 Å². The lowest BCUT2D eigenvalue weighted by Crippen LogP contribution is -2.05. The molecule has 4 nitrogen and oxygen atoms in total. The van der Waals surface area contributed by atoms with Crippen molar-refractivity contribution in [3.63, 3.8) is 0 Å². The van der Waals surface area contributed by atoms with Gasteiger partial charge in [-0.2, -0.15) is 18.3 Å². The number of hydrogen-bond donors (Lipinski definition) is 1. The lowest BCUT2D eigenvalue weighted by atomic mass is 10.1. The van der Waals surface area contributed by atoms with Gasteiger partial charge in [0.05, 0.1) is 11.7 Å². The molecular weight excluding hydrogens is 281 g/mol. The molecule has 0 saturated carbocycles. The quantitative estimate of drug-likeness (QED) is 0.784. The second-order valence-corrected chi connectivity index (χ2v) is 4.86. The van der Waals surface area contributed by atoms with Crippen LogP contribution in [0.5, 0.6) is 0 Å². The Hall–Kier alpha value is -2.31. The van der Waals surface area contributed by atoms with E-state index >= 15 is 0 Å². The molecule has 3 rings (SSSR count). The number of H-pyrrole nitrogens is 1. The Morgan fingerprint density at radius 3 is 2.71 bits per heavy atom. The monoisotopic (exact) mass is 294 g/mol. The number of hydrogen-bond acceptors (Lipinski definition) is 2. The lowest BCUT2D eigenvalue weighted by molar-refractivity contribution is -0.141. The first-order valence-corrected chi connectivity index (χ1v) is 6.49. The van der Waals surface area contributed by atoms with Crippen molar-refractivity contribution in [3.8, 4) is 5.69 Å². The van der Waals surface area contributed by atoms with E-state index in [-0.39, 0.29) is 0 Å². The molecule has 0 spiro atoms. The van der Waals surface area contributed by atoms with Gasteiger partial charge in [0.15, 0.2) is 5.69 Å². The summed E-state index contributed by atoms with van der Waals surface area (Å²) in [4.78, 5) is 3.69. The van der Waals surface area contributed by atoms with E-state index in [1.54, 1.807) is 19.2 Å². The van der Waals surface area contributed by atoms with Gasteiger partial charge >= 0.3 is 6.18 Å². The number of aromatic amines is 1. The third kappa shape index (κ3) is 2.28. The van der Waals surface area contributed by atoms with Crippen LogP contribution in [0.1, 0.15) is 24.0 Å². The Kier molecular flexibility index (Phi) is 3.00. The summed E-state index contributed by atoms with van der Waals surface area (Å²) in [7, 11) is 0. The fraction of sp³-hybridized carbons (Fsp3) is 0.286. The summed E-state index contributed by atoms with van der Waals surface area (Å²) in [5.74, 6) is 0.379. The molecule has 0 aliphatic carbocycles. The third-order valence-corrected chi connectivity index (χ3v) is 3.39. The van der Waals surface area contributed by atoms with Gasteiger partial charge in [0.1, 0.15) is 5.82 Å². The molecular formula is C14H13F3N4. The molecule has 0 unspecified atom stereocenters. The predicted molar refractivity (Wildman–Crippen MR) is 72.3 cm³/mol. The molecule has 7 heteroatoms. The fourth-order valence-corrected chi connectivity index (χ4v) is 2.38. The number of halogens is 3. The van der Waals surface area contributed by atoms with Crippen LogP contribution in [0.15, 0.2) is 24.5 Å². The van der Waals surface area contributed by atoms with Gasteiger partial charge in [-0.3, -0.25) is 5.10 Å². The zero-order chi connectivity index (χ0) is 15.2. The Morgan fingerprint density at radius 1 is 1.29 bits per heavy atom. The number of fused-ring (bicyclic) bond motifs is 1. The normalized spacial score (nSPS) is 12.2. The predicted octanol–water partition coefficient (Wildman–Crippen LogP) is 3.64. The van der Waals surface area contributed by atoms with Crippen LogP contribution in [0.2, 0.25) is 0 Å². The summed E-state index contributed by atoms with van der Waals surface area (Å²) in [5, 5.41) is 7.68. The van der Waals surface area contributed by atoms with Crippen LogP contribution in [-0.2, 0) is 12.6 Å². The van der Waals surface area contributed by atoms with Crippen LogP contribution in [-0.4, -0.2) is 19.7 Å². The van der Waals surface area contributed by atoms with Gasteiger partial charge in [-0.05, 0) is 24.6 Å². The molecule has 0 atom stereocenters. The molecule has 0 radical (unpaired) electrons. The number of imidazole rings is 1. The highest BCUT2D eigenvalue weighted by atomic mass is 19.4. The largest absolute Gasteiger partial charge is 0.434 e. The SMILES string of the molecule is CCc1nc(C(F)(F)F)cn1-c1cc(C)c2[nH]ncc2c1. The summed E-state index contributed by atoms with van der Waals surface area (Å²) < 4.78 is 40.0. The molecule has 2 aromatic heterocycles. The third-order valence-electron chi connectivity index (χ3n) is 3.39. The Bertz CT molecular complexity index is 798. The van der Waals surface area contributed by atoms with E-state index in [1.165, 1.54) is 4.57 Å². The molecule has 1 N–H and O–H groups in total. The van der Waals surface area contributed by atoms with Crippen molar-refractivity contribution < 1.29 is 13.2 Å². The number of aromatic nitrogens is 4. The molecule has 0 aliphatic rings. The topological polar surface area (TPSA) is 46.5 Å². The maximum absolute atomic E-state index is 12.8. The first-order valence-electron chi connectivity index (χ1n) is 6.49. The van der Waals surface area contributed by atoms with E-state index in [1.807, 2.05) is 13.0 Å². The number of aryl methyl sites for hydroxylation is 2. The van der Waals surface area contributed by atoms with Gasteiger partial charge in [0, 0.05) is 23.7 Å². The average molecular weight is 294 g/mol.